The molecule has 3 aromatic carbocycles. The summed E-state index contributed by atoms with van der Waals surface area (Å²) in [6, 6.07) is 46.5. The topological polar surface area (TPSA) is 185 Å². The number of anilines is 1. The Kier molecular flexibility index (Phi) is 11.2. The minimum Gasteiger partial charge on any atom is -0.423 e. The Labute approximate surface area is 378 Å². The summed E-state index contributed by atoms with van der Waals surface area (Å²) in [5, 5.41) is 1.70. The number of carbonyl (C=O) groups excluding carboxylic acids is 2. The van der Waals surface area contributed by atoms with Crippen molar-refractivity contribution in [3.63, 3.8) is 0 Å². The van der Waals surface area contributed by atoms with E-state index in [1.165, 1.54) is 5.56 Å². The monoisotopic (exact) mass is 862 g/mol. The number of ether oxygens (including phenoxy) is 1. The van der Waals surface area contributed by atoms with Gasteiger partial charge in [-0.2, -0.15) is 0 Å². The van der Waals surface area contributed by atoms with Crippen LogP contribution in [0.5, 0.6) is 5.75 Å². The number of benzene rings is 3. The maximum absolute atomic E-state index is 12.8. The highest BCUT2D eigenvalue weighted by molar-refractivity contribution is 5.91. The fourth-order valence-corrected chi connectivity index (χ4v) is 7.40. The molecule has 0 aliphatic carbocycles. The van der Waals surface area contributed by atoms with E-state index in [0.717, 1.165) is 35.6 Å². The molecule has 13 heteroatoms. The number of unbranched alkanes of at least 4 members (excludes halogenated alkanes) is 1. The van der Waals surface area contributed by atoms with Crippen molar-refractivity contribution in [3.05, 3.63) is 175 Å². The van der Waals surface area contributed by atoms with Crippen molar-refractivity contribution in [2.24, 2.45) is 0 Å². The van der Waals surface area contributed by atoms with E-state index in [0.29, 0.717) is 97.2 Å². The lowest BCUT2D eigenvalue weighted by Gasteiger charge is -2.11. The molecule has 0 spiro atoms. The highest BCUT2D eigenvalue weighted by atomic mass is 16.5. The molecule has 0 unspecified atom stereocenters. The predicted octanol–water partition coefficient (Wildman–Crippen LogP) is 10.5. The summed E-state index contributed by atoms with van der Waals surface area (Å²) in [5.74, 6) is 0.914. The number of esters is 1. The second-order valence-electron chi connectivity index (χ2n) is 15.5. The second kappa shape index (κ2) is 18.0. The number of aromatic nitrogens is 9. The van der Waals surface area contributed by atoms with Crippen LogP contribution in [0, 0.1) is 0 Å². The highest BCUT2D eigenvalue weighted by Crippen LogP contribution is 2.31. The number of nitrogen functional groups attached to an aromatic ring is 1. The zero-order chi connectivity index (χ0) is 45.0. The van der Waals surface area contributed by atoms with Crippen LogP contribution in [0.2, 0.25) is 0 Å². The molecule has 0 saturated carbocycles. The SMILES string of the molecule is CCCCc1ccc(-c2nc(-c3ccc(C=O)c(N)n3)cc(-c3ccc4ccc(-c5cc(-c6ccc7cccnc7n6)nc(-c6ccc(OC(=O)c7ccccc7)cc6)n5)nc4n3)n2)cc1. The Hall–Kier alpha value is -8.97. The molecule has 7 aromatic heterocycles. The van der Waals surface area contributed by atoms with Crippen LogP contribution >= 0.6 is 0 Å². The number of aryl methyl sites for hydroxylation is 1. The zero-order valence-corrected chi connectivity index (χ0v) is 35.5. The molecule has 0 fully saturated rings. The molecule has 0 bridgehead atoms. The van der Waals surface area contributed by atoms with Crippen LogP contribution in [0.15, 0.2) is 158 Å². The van der Waals surface area contributed by atoms with Gasteiger partial charge in [-0.25, -0.2) is 49.7 Å². The molecule has 66 heavy (non-hydrogen) atoms. The van der Waals surface area contributed by atoms with Crippen LogP contribution in [-0.2, 0) is 6.42 Å². The van der Waals surface area contributed by atoms with Crippen molar-refractivity contribution in [2.75, 3.05) is 5.73 Å². The third-order valence-electron chi connectivity index (χ3n) is 11.0. The van der Waals surface area contributed by atoms with E-state index in [-0.39, 0.29) is 5.82 Å². The first-order valence-corrected chi connectivity index (χ1v) is 21.4. The van der Waals surface area contributed by atoms with Crippen molar-refractivity contribution in [2.45, 2.75) is 26.2 Å². The van der Waals surface area contributed by atoms with Gasteiger partial charge in [-0.05, 0) is 128 Å². The Morgan fingerprint density at radius 3 is 1.64 bits per heavy atom. The van der Waals surface area contributed by atoms with Gasteiger partial charge >= 0.3 is 5.97 Å². The molecule has 0 saturated heterocycles. The number of aldehydes is 1. The number of fused-ring (bicyclic) bond motifs is 2. The van der Waals surface area contributed by atoms with E-state index in [1.54, 1.807) is 66.9 Å². The normalized spacial score (nSPS) is 11.2. The Bertz CT molecular complexity index is 3440. The van der Waals surface area contributed by atoms with E-state index < -0.39 is 5.97 Å². The first-order chi connectivity index (χ1) is 32.4. The van der Waals surface area contributed by atoms with Gasteiger partial charge in [0, 0.05) is 28.1 Å². The minimum absolute atomic E-state index is 0.107. The number of rotatable bonds is 12. The van der Waals surface area contributed by atoms with E-state index >= 15 is 0 Å². The molecular weight excluding hydrogens is 825 g/mol. The van der Waals surface area contributed by atoms with Gasteiger partial charge < -0.3 is 10.5 Å². The summed E-state index contributed by atoms with van der Waals surface area (Å²) in [6.45, 7) is 2.18. The van der Waals surface area contributed by atoms with Gasteiger partial charge in [0.1, 0.15) is 11.6 Å². The summed E-state index contributed by atoms with van der Waals surface area (Å²) < 4.78 is 5.65. The Balaban J connectivity index is 1.05. The molecule has 0 atom stereocenters. The highest BCUT2D eigenvalue weighted by Gasteiger charge is 2.18. The Morgan fingerprint density at radius 1 is 0.545 bits per heavy atom. The van der Waals surface area contributed by atoms with Gasteiger partial charge in [-0.3, -0.25) is 4.79 Å². The summed E-state index contributed by atoms with van der Waals surface area (Å²) in [6.07, 6.45) is 5.58. The van der Waals surface area contributed by atoms with E-state index in [2.05, 4.69) is 29.0 Å². The molecule has 7 heterocycles. The molecular formula is C53H38N10O3. The average Bonchev–Trinajstić information content (AvgIpc) is 3.37. The number of nitrogens with zero attached hydrogens (tertiary/aromatic N) is 9. The lowest BCUT2D eigenvalue weighted by Crippen LogP contribution is -2.08. The van der Waals surface area contributed by atoms with Crippen molar-refractivity contribution < 1.29 is 14.3 Å². The lowest BCUT2D eigenvalue weighted by molar-refractivity contribution is 0.0734. The number of hydrogen-bond donors (Lipinski definition) is 1. The molecule has 318 valence electrons. The van der Waals surface area contributed by atoms with Crippen molar-refractivity contribution >= 4 is 40.1 Å². The van der Waals surface area contributed by atoms with E-state index in [4.69, 9.17) is 45.4 Å². The van der Waals surface area contributed by atoms with Crippen molar-refractivity contribution in [3.8, 4) is 74.1 Å². The predicted molar refractivity (Wildman–Crippen MR) is 254 cm³/mol. The number of hydrogen-bond acceptors (Lipinski definition) is 13. The van der Waals surface area contributed by atoms with Crippen LogP contribution in [0.25, 0.3) is 90.4 Å². The third kappa shape index (κ3) is 8.68. The van der Waals surface area contributed by atoms with Gasteiger partial charge in [0.05, 0.1) is 56.7 Å². The maximum Gasteiger partial charge on any atom is 0.343 e. The molecule has 10 aromatic rings. The first-order valence-electron chi connectivity index (χ1n) is 21.4. The largest absolute Gasteiger partial charge is 0.423 e. The second-order valence-corrected chi connectivity index (χ2v) is 15.5. The maximum atomic E-state index is 12.8. The quantitative estimate of drug-likeness (QED) is 0.0695. The van der Waals surface area contributed by atoms with Crippen molar-refractivity contribution in [1.82, 2.24) is 44.9 Å². The van der Waals surface area contributed by atoms with Crippen LogP contribution in [0.3, 0.4) is 0 Å². The fraction of sp³-hybridized carbons (Fsp3) is 0.0755. The molecule has 13 nitrogen and oxygen atoms in total. The van der Waals surface area contributed by atoms with Gasteiger partial charge in [0.2, 0.25) is 0 Å². The van der Waals surface area contributed by atoms with Crippen LogP contribution in [0.1, 0.15) is 46.0 Å². The fourth-order valence-electron chi connectivity index (χ4n) is 7.40. The molecule has 2 N–H and O–H groups in total. The van der Waals surface area contributed by atoms with E-state index in [1.807, 2.05) is 78.9 Å². The Morgan fingerprint density at radius 2 is 1.08 bits per heavy atom. The number of pyridine rings is 5. The number of nitrogens with two attached hydrogens (primary N) is 1. The van der Waals surface area contributed by atoms with Gasteiger partial charge in [-0.1, -0.05) is 55.8 Å². The van der Waals surface area contributed by atoms with Crippen LogP contribution < -0.4 is 10.5 Å². The van der Waals surface area contributed by atoms with Gasteiger partial charge in [0.25, 0.3) is 0 Å². The molecule has 0 radical (unpaired) electrons. The summed E-state index contributed by atoms with van der Waals surface area (Å²) in [7, 11) is 0. The molecule has 0 aliphatic rings. The first kappa shape index (κ1) is 41.1. The summed E-state index contributed by atoms with van der Waals surface area (Å²) in [5.41, 5.74) is 15.0. The zero-order valence-electron chi connectivity index (χ0n) is 35.5. The van der Waals surface area contributed by atoms with E-state index in [9.17, 15) is 9.59 Å². The molecule has 0 aliphatic heterocycles. The van der Waals surface area contributed by atoms with Gasteiger partial charge in [0.15, 0.2) is 29.2 Å². The minimum atomic E-state index is -0.459. The van der Waals surface area contributed by atoms with Crippen LogP contribution in [-0.4, -0.2) is 57.1 Å². The molecule has 10 rings (SSSR count). The summed E-state index contributed by atoms with van der Waals surface area (Å²) in [4.78, 5) is 68.2. The number of carbonyl (C=O) groups is 2. The standard InChI is InChI=1S/C53H38N10O3/c1-2-3-8-32-12-14-34(15-13-32)51-60-44(40-27-21-38(31-64)48(54)56-40)29-46(62-51)42-25-19-36-20-26-43(59-50(36)58-42)47-30-45(41-24-18-33-11-7-28-55-49(33)57-41)61-52(63-47)35-16-22-39(23-17-35)66-53(65)37-9-5-4-6-10-37/h4-7,9-31H,2-3,8H2,1H3,(H2,54,56). The third-order valence-corrected chi connectivity index (χ3v) is 11.0. The molecule has 0 amide bonds. The van der Waals surface area contributed by atoms with Crippen LogP contribution in [0.4, 0.5) is 5.82 Å². The summed E-state index contributed by atoms with van der Waals surface area (Å²) >= 11 is 0. The lowest BCUT2D eigenvalue weighted by atomic mass is 10.1. The average molecular weight is 863 g/mol. The van der Waals surface area contributed by atoms with Crippen molar-refractivity contribution in [1.29, 1.82) is 0 Å². The van der Waals surface area contributed by atoms with Gasteiger partial charge in [-0.15, -0.1) is 0 Å². The smallest absolute Gasteiger partial charge is 0.343 e.